The fourth-order valence-corrected chi connectivity index (χ4v) is 2.56. The van der Waals surface area contributed by atoms with E-state index >= 15 is 0 Å². The molecule has 3 rings (SSSR count). The monoisotopic (exact) mass is 331 g/mol. The minimum Gasteiger partial charge on any atom is -0.492 e. The molecule has 0 spiro atoms. The number of nitrogens with one attached hydrogen (secondary N) is 1. The number of amides is 1. The van der Waals surface area contributed by atoms with E-state index < -0.39 is 0 Å². The molecule has 0 aromatic heterocycles. The van der Waals surface area contributed by atoms with Gasteiger partial charge in [-0.05, 0) is 23.8 Å². The number of fused-ring (bicyclic) bond motifs is 1. The molecule has 2 aromatic carbocycles. The van der Waals surface area contributed by atoms with E-state index in [4.69, 9.17) is 4.74 Å². The van der Waals surface area contributed by atoms with Crippen molar-refractivity contribution in [2.45, 2.75) is 12.5 Å². The van der Waals surface area contributed by atoms with E-state index in [2.05, 4.69) is 21.2 Å². The van der Waals surface area contributed by atoms with Crippen LogP contribution in [-0.4, -0.2) is 12.5 Å². The number of rotatable bonds is 3. The fraction of sp³-hybridized carbons (Fsp3) is 0.188. The van der Waals surface area contributed by atoms with E-state index in [1.807, 2.05) is 48.5 Å². The van der Waals surface area contributed by atoms with Gasteiger partial charge in [-0.3, -0.25) is 4.79 Å². The molecule has 1 amide bonds. The van der Waals surface area contributed by atoms with Crippen LogP contribution in [0.2, 0.25) is 0 Å². The lowest BCUT2D eigenvalue weighted by atomic mass is 10.0. The van der Waals surface area contributed by atoms with Gasteiger partial charge < -0.3 is 10.1 Å². The lowest BCUT2D eigenvalue weighted by molar-refractivity contribution is -0.122. The summed E-state index contributed by atoms with van der Waals surface area (Å²) in [5.41, 5.74) is 2.05. The van der Waals surface area contributed by atoms with Crippen molar-refractivity contribution in [2.75, 3.05) is 6.61 Å². The van der Waals surface area contributed by atoms with Crippen LogP contribution in [0.1, 0.15) is 17.0 Å². The summed E-state index contributed by atoms with van der Waals surface area (Å²) >= 11 is 3.39. The molecule has 2 aromatic rings. The van der Waals surface area contributed by atoms with Gasteiger partial charge in [0, 0.05) is 16.6 Å². The summed E-state index contributed by atoms with van der Waals surface area (Å²) in [6.45, 7) is 0.955. The van der Waals surface area contributed by atoms with Crippen LogP contribution < -0.4 is 10.1 Å². The van der Waals surface area contributed by atoms with Crippen molar-refractivity contribution in [2.24, 2.45) is 0 Å². The number of benzene rings is 2. The normalized spacial score (nSPS) is 16.4. The van der Waals surface area contributed by atoms with Crippen molar-refractivity contribution < 1.29 is 9.53 Å². The van der Waals surface area contributed by atoms with Crippen LogP contribution in [0, 0.1) is 0 Å². The summed E-state index contributed by atoms with van der Waals surface area (Å²) in [6.07, 6.45) is 0. The molecular weight excluding hydrogens is 318 g/mol. The summed E-state index contributed by atoms with van der Waals surface area (Å²) in [5.74, 6) is 0.621. The Hall–Kier alpha value is -1.81. The first-order valence-electron chi connectivity index (χ1n) is 6.48. The van der Waals surface area contributed by atoms with Gasteiger partial charge in [0.05, 0.1) is 0 Å². The zero-order valence-electron chi connectivity index (χ0n) is 10.8. The molecule has 0 fully saturated rings. The number of hydrogen-bond donors (Lipinski definition) is 1. The molecule has 1 heterocycles. The molecule has 0 aliphatic carbocycles. The molecule has 1 atom stereocenters. The number of para-hydroxylation sites is 1. The van der Waals surface area contributed by atoms with Gasteiger partial charge in [0.15, 0.2) is 0 Å². The molecule has 20 heavy (non-hydrogen) atoms. The first-order valence-corrected chi connectivity index (χ1v) is 7.27. The second kappa shape index (κ2) is 5.67. The van der Waals surface area contributed by atoms with Gasteiger partial charge in [0.2, 0.25) is 5.91 Å². The lowest BCUT2D eigenvalue weighted by Gasteiger charge is -2.10. The summed E-state index contributed by atoms with van der Waals surface area (Å²) < 4.78 is 6.57. The summed E-state index contributed by atoms with van der Waals surface area (Å²) in [5, 5.41) is 2.97. The molecule has 1 N–H and O–H groups in total. The van der Waals surface area contributed by atoms with Crippen LogP contribution in [0.4, 0.5) is 0 Å². The quantitative estimate of drug-likeness (QED) is 0.937. The number of halogens is 1. The standard InChI is InChI=1S/C16H14BrNO2/c17-12-7-5-11(6-8-12)9-18-16(19)14-10-20-15-4-2-1-3-13(14)15/h1-8,14H,9-10H2,(H,18,19). The molecule has 1 aliphatic heterocycles. The Morgan fingerprint density at radius 3 is 2.75 bits per heavy atom. The predicted octanol–water partition coefficient (Wildman–Crippen LogP) is 3.24. The topological polar surface area (TPSA) is 38.3 Å². The molecule has 1 aliphatic rings. The predicted molar refractivity (Wildman–Crippen MR) is 80.7 cm³/mol. The molecule has 0 saturated heterocycles. The molecule has 0 saturated carbocycles. The maximum Gasteiger partial charge on any atom is 0.231 e. The average Bonchev–Trinajstić information content (AvgIpc) is 2.90. The van der Waals surface area contributed by atoms with Crippen LogP contribution in [0.25, 0.3) is 0 Å². The van der Waals surface area contributed by atoms with Crippen LogP contribution in [0.15, 0.2) is 53.0 Å². The SMILES string of the molecule is O=C(NCc1ccc(Br)cc1)C1COc2ccccc21. The van der Waals surface area contributed by atoms with Gasteiger partial charge in [-0.15, -0.1) is 0 Å². The van der Waals surface area contributed by atoms with Crippen LogP contribution in [0.5, 0.6) is 5.75 Å². The summed E-state index contributed by atoms with van der Waals surface area (Å²) in [4.78, 5) is 12.2. The second-order valence-electron chi connectivity index (χ2n) is 4.75. The Morgan fingerprint density at radius 2 is 1.95 bits per heavy atom. The minimum absolute atomic E-state index is 0.0119. The third-order valence-electron chi connectivity index (χ3n) is 3.40. The van der Waals surface area contributed by atoms with E-state index in [9.17, 15) is 4.79 Å². The van der Waals surface area contributed by atoms with Crippen molar-refractivity contribution in [3.8, 4) is 5.75 Å². The Bertz CT molecular complexity index is 625. The highest BCUT2D eigenvalue weighted by molar-refractivity contribution is 9.10. The average molecular weight is 332 g/mol. The van der Waals surface area contributed by atoms with Gasteiger partial charge in [-0.2, -0.15) is 0 Å². The number of carbonyl (C=O) groups is 1. The Labute approximate surface area is 126 Å². The summed E-state index contributed by atoms with van der Waals surface area (Å²) in [6, 6.07) is 15.6. The van der Waals surface area contributed by atoms with Crippen molar-refractivity contribution in [3.63, 3.8) is 0 Å². The fourth-order valence-electron chi connectivity index (χ4n) is 2.29. The van der Waals surface area contributed by atoms with E-state index in [1.165, 1.54) is 0 Å². The third-order valence-corrected chi connectivity index (χ3v) is 3.93. The van der Waals surface area contributed by atoms with E-state index in [0.717, 1.165) is 21.3 Å². The maximum atomic E-state index is 12.2. The number of ether oxygens (including phenoxy) is 1. The summed E-state index contributed by atoms with van der Waals surface area (Å²) in [7, 11) is 0. The number of hydrogen-bond acceptors (Lipinski definition) is 2. The Morgan fingerprint density at radius 1 is 1.20 bits per heavy atom. The van der Waals surface area contributed by atoms with Gasteiger partial charge in [-0.25, -0.2) is 0 Å². The second-order valence-corrected chi connectivity index (χ2v) is 5.66. The van der Waals surface area contributed by atoms with Gasteiger partial charge >= 0.3 is 0 Å². The van der Waals surface area contributed by atoms with Gasteiger partial charge in [0.25, 0.3) is 0 Å². The molecule has 1 unspecified atom stereocenters. The van der Waals surface area contributed by atoms with Crippen molar-refractivity contribution in [3.05, 3.63) is 64.1 Å². The molecule has 0 radical (unpaired) electrons. The highest BCUT2D eigenvalue weighted by Gasteiger charge is 2.29. The van der Waals surface area contributed by atoms with E-state index in [-0.39, 0.29) is 11.8 Å². The van der Waals surface area contributed by atoms with E-state index in [0.29, 0.717) is 13.2 Å². The third kappa shape index (κ3) is 2.70. The van der Waals surface area contributed by atoms with Gasteiger partial charge in [-0.1, -0.05) is 46.3 Å². The van der Waals surface area contributed by atoms with Crippen LogP contribution in [0.3, 0.4) is 0 Å². The molecule has 3 nitrogen and oxygen atoms in total. The molecular formula is C16H14BrNO2. The van der Waals surface area contributed by atoms with Crippen molar-refractivity contribution in [1.29, 1.82) is 0 Å². The smallest absolute Gasteiger partial charge is 0.231 e. The maximum absolute atomic E-state index is 12.2. The van der Waals surface area contributed by atoms with Crippen LogP contribution in [-0.2, 0) is 11.3 Å². The molecule has 102 valence electrons. The first kappa shape index (κ1) is 13.2. The van der Waals surface area contributed by atoms with Crippen LogP contribution >= 0.6 is 15.9 Å². The van der Waals surface area contributed by atoms with E-state index in [1.54, 1.807) is 0 Å². The zero-order chi connectivity index (χ0) is 13.9. The highest BCUT2D eigenvalue weighted by atomic mass is 79.9. The van der Waals surface area contributed by atoms with Crippen molar-refractivity contribution in [1.82, 2.24) is 5.32 Å². The largest absolute Gasteiger partial charge is 0.492 e. The Balaban J connectivity index is 1.65. The van der Waals surface area contributed by atoms with Gasteiger partial charge in [0.1, 0.15) is 18.3 Å². The first-order chi connectivity index (χ1) is 9.74. The zero-order valence-corrected chi connectivity index (χ0v) is 12.4. The highest BCUT2D eigenvalue weighted by Crippen LogP contribution is 2.33. The van der Waals surface area contributed by atoms with Crippen molar-refractivity contribution >= 4 is 21.8 Å². The molecule has 0 bridgehead atoms. The Kier molecular flexibility index (Phi) is 3.74. The lowest BCUT2D eigenvalue weighted by Crippen LogP contribution is -2.29. The molecule has 4 heteroatoms. The number of carbonyl (C=O) groups excluding carboxylic acids is 1. The minimum atomic E-state index is -0.207.